The number of halogens is 1. The van der Waals surface area contributed by atoms with Crippen LogP contribution >= 0.6 is 11.6 Å². The SMILES string of the molecule is CN(C)CCN(Cc1ccc(C#N)cc1)C(=O)c1ccc(Cl)c(S(C)(=O)=O)c1. The summed E-state index contributed by atoms with van der Waals surface area (Å²) in [6, 6.07) is 13.4. The number of sulfone groups is 1. The number of amides is 1. The molecule has 0 spiro atoms. The first-order valence-electron chi connectivity index (χ1n) is 8.54. The van der Waals surface area contributed by atoms with Crippen LogP contribution in [-0.2, 0) is 16.4 Å². The van der Waals surface area contributed by atoms with Crippen LogP contribution in [0.4, 0.5) is 0 Å². The summed E-state index contributed by atoms with van der Waals surface area (Å²) < 4.78 is 23.8. The lowest BCUT2D eigenvalue weighted by molar-refractivity contribution is 0.0731. The molecule has 2 aromatic rings. The Hall–Kier alpha value is -2.40. The highest BCUT2D eigenvalue weighted by atomic mass is 35.5. The van der Waals surface area contributed by atoms with Gasteiger partial charge in [-0.05, 0) is 50.0 Å². The number of hydrogen-bond acceptors (Lipinski definition) is 5. The lowest BCUT2D eigenvalue weighted by Gasteiger charge is -2.25. The third kappa shape index (κ3) is 5.80. The van der Waals surface area contributed by atoms with Gasteiger partial charge >= 0.3 is 0 Å². The molecule has 0 aliphatic carbocycles. The highest BCUT2D eigenvalue weighted by molar-refractivity contribution is 7.90. The van der Waals surface area contributed by atoms with Gasteiger partial charge < -0.3 is 9.80 Å². The van der Waals surface area contributed by atoms with Crippen LogP contribution < -0.4 is 0 Å². The molecule has 0 fully saturated rings. The van der Waals surface area contributed by atoms with E-state index in [2.05, 4.69) is 6.07 Å². The molecule has 0 saturated heterocycles. The summed E-state index contributed by atoms with van der Waals surface area (Å²) in [5.74, 6) is -0.284. The van der Waals surface area contributed by atoms with Crippen LogP contribution in [0.5, 0.6) is 0 Å². The van der Waals surface area contributed by atoms with E-state index in [0.29, 0.717) is 25.2 Å². The standard InChI is InChI=1S/C20H22ClN3O3S/c1-23(2)10-11-24(14-16-6-4-15(13-22)5-7-16)20(25)17-8-9-18(21)19(12-17)28(3,26)27/h4-9,12H,10-11,14H2,1-3H3. The first kappa shape index (κ1) is 21.9. The molecule has 8 heteroatoms. The molecule has 0 atom stereocenters. The zero-order valence-corrected chi connectivity index (χ0v) is 17.6. The summed E-state index contributed by atoms with van der Waals surface area (Å²) in [6.45, 7) is 1.45. The van der Waals surface area contributed by atoms with Crippen molar-refractivity contribution in [3.05, 3.63) is 64.2 Å². The van der Waals surface area contributed by atoms with E-state index in [1.807, 2.05) is 19.0 Å². The molecule has 0 aliphatic heterocycles. The van der Waals surface area contributed by atoms with E-state index in [0.717, 1.165) is 11.8 Å². The number of nitriles is 1. The van der Waals surface area contributed by atoms with Crippen molar-refractivity contribution < 1.29 is 13.2 Å². The number of carbonyl (C=O) groups is 1. The van der Waals surface area contributed by atoms with Crippen LogP contribution in [0.1, 0.15) is 21.5 Å². The Morgan fingerprint density at radius 1 is 1.11 bits per heavy atom. The first-order chi connectivity index (χ1) is 13.1. The fourth-order valence-corrected chi connectivity index (χ4v) is 3.88. The molecule has 0 heterocycles. The number of likely N-dealkylation sites (N-methyl/N-ethyl adjacent to an activating group) is 1. The van der Waals surface area contributed by atoms with E-state index < -0.39 is 9.84 Å². The molecule has 0 radical (unpaired) electrons. The summed E-state index contributed by atoms with van der Waals surface area (Å²) in [7, 11) is 0.273. The number of carbonyl (C=O) groups excluding carboxylic acids is 1. The Bertz CT molecular complexity index is 996. The molecule has 0 aliphatic rings. The van der Waals surface area contributed by atoms with Gasteiger partial charge in [-0.15, -0.1) is 0 Å². The fourth-order valence-electron chi connectivity index (χ4n) is 2.58. The minimum absolute atomic E-state index is 0.0639. The molecule has 2 aromatic carbocycles. The second kappa shape index (κ2) is 9.20. The smallest absolute Gasteiger partial charge is 0.254 e. The number of benzene rings is 2. The molecule has 1 amide bonds. The zero-order valence-electron chi connectivity index (χ0n) is 16.0. The van der Waals surface area contributed by atoms with E-state index in [9.17, 15) is 13.2 Å². The van der Waals surface area contributed by atoms with E-state index in [1.165, 1.54) is 18.2 Å². The average Bonchev–Trinajstić information content (AvgIpc) is 2.64. The Kier molecular flexibility index (Phi) is 7.19. The molecule has 28 heavy (non-hydrogen) atoms. The van der Waals surface area contributed by atoms with Crippen molar-refractivity contribution in [2.75, 3.05) is 33.4 Å². The largest absolute Gasteiger partial charge is 0.333 e. The maximum absolute atomic E-state index is 13.1. The van der Waals surface area contributed by atoms with Crippen LogP contribution in [-0.4, -0.2) is 57.6 Å². The van der Waals surface area contributed by atoms with Crippen molar-refractivity contribution in [3.63, 3.8) is 0 Å². The third-order valence-corrected chi connectivity index (χ3v) is 5.72. The van der Waals surface area contributed by atoms with Gasteiger partial charge in [-0.3, -0.25) is 4.79 Å². The van der Waals surface area contributed by atoms with Gasteiger partial charge in [0, 0.05) is 31.5 Å². The molecular formula is C20H22ClN3O3S. The van der Waals surface area contributed by atoms with Gasteiger partial charge in [-0.2, -0.15) is 5.26 Å². The third-order valence-electron chi connectivity index (χ3n) is 4.14. The van der Waals surface area contributed by atoms with Crippen LogP contribution in [0.2, 0.25) is 5.02 Å². The van der Waals surface area contributed by atoms with Crippen LogP contribution in [0.3, 0.4) is 0 Å². The maximum atomic E-state index is 13.1. The monoisotopic (exact) mass is 419 g/mol. The maximum Gasteiger partial charge on any atom is 0.254 e. The lowest BCUT2D eigenvalue weighted by atomic mass is 10.1. The molecule has 6 nitrogen and oxygen atoms in total. The summed E-state index contributed by atoms with van der Waals surface area (Å²) in [6.07, 6.45) is 1.06. The van der Waals surface area contributed by atoms with Gasteiger partial charge in [0.25, 0.3) is 5.91 Å². The van der Waals surface area contributed by atoms with E-state index in [-0.39, 0.29) is 21.4 Å². The van der Waals surface area contributed by atoms with E-state index in [1.54, 1.807) is 29.2 Å². The van der Waals surface area contributed by atoms with Crippen LogP contribution in [0, 0.1) is 11.3 Å². The minimum atomic E-state index is -3.55. The van der Waals surface area contributed by atoms with Gasteiger partial charge in [0.15, 0.2) is 9.84 Å². The summed E-state index contributed by atoms with van der Waals surface area (Å²) in [5, 5.41) is 9.02. The molecule has 0 aromatic heterocycles. The molecule has 0 unspecified atom stereocenters. The van der Waals surface area contributed by atoms with Gasteiger partial charge in [-0.1, -0.05) is 23.7 Å². The zero-order chi connectivity index (χ0) is 20.9. The van der Waals surface area contributed by atoms with Crippen LogP contribution in [0.15, 0.2) is 47.4 Å². The Morgan fingerprint density at radius 3 is 2.29 bits per heavy atom. The van der Waals surface area contributed by atoms with Crippen molar-refractivity contribution in [3.8, 4) is 6.07 Å². The predicted octanol–water partition coefficient (Wildman–Crippen LogP) is 2.82. The Balaban J connectivity index is 2.34. The average molecular weight is 420 g/mol. The van der Waals surface area contributed by atoms with Crippen LogP contribution in [0.25, 0.3) is 0 Å². The number of hydrogen-bond donors (Lipinski definition) is 0. The van der Waals surface area contributed by atoms with Gasteiger partial charge in [0.05, 0.1) is 21.6 Å². The van der Waals surface area contributed by atoms with Crippen molar-refractivity contribution in [2.45, 2.75) is 11.4 Å². The molecule has 0 bridgehead atoms. The minimum Gasteiger partial charge on any atom is -0.333 e. The second-order valence-electron chi connectivity index (χ2n) is 6.76. The second-order valence-corrected chi connectivity index (χ2v) is 9.15. The summed E-state index contributed by atoms with van der Waals surface area (Å²) in [4.78, 5) is 16.6. The molecule has 0 N–H and O–H groups in total. The lowest BCUT2D eigenvalue weighted by Crippen LogP contribution is -2.36. The fraction of sp³-hybridized carbons (Fsp3) is 0.300. The van der Waals surface area contributed by atoms with Gasteiger partial charge in [-0.25, -0.2) is 8.42 Å². The van der Waals surface area contributed by atoms with Crippen molar-refractivity contribution in [2.24, 2.45) is 0 Å². The molecule has 148 valence electrons. The highest BCUT2D eigenvalue weighted by Gasteiger charge is 2.20. The quantitative estimate of drug-likeness (QED) is 0.689. The summed E-state index contributed by atoms with van der Waals surface area (Å²) in [5.41, 5.74) is 1.69. The van der Waals surface area contributed by atoms with Crippen molar-refractivity contribution in [1.82, 2.24) is 9.80 Å². The topological polar surface area (TPSA) is 81.5 Å². The first-order valence-corrected chi connectivity index (χ1v) is 10.8. The number of rotatable bonds is 7. The summed E-state index contributed by atoms with van der Waals surface area (Å²) >= 11 is 5.99. The highest BCUT2D eigenvalue weighted by Crippen LogP contribution is 2.23. The van der Waals surface area contributed by atoms with Gasteiger partial charge in [0.2, 0.25) is 0 Å². The number of nitrogens with zero attached hydrogens (tertiary/aromatic N) is 3. The van der Waals surface area contributed by atoms with E-state index >= 15 is 0 Å². The van der Waals surface area contributed by atoms with E-state index in [4.69, 9.17) is 16.9 Å². The molecule has 2 rings (SSSR count). The molecule has 0 saturated carbocycles. The molecular weight excluding hydrogens is 398 g/mol. The van der Waals surface area contributed by atoms with Crippen molar-refractivity contribution >= 4 is 27.3 Å². The predicted molar refractivity (Wildman–Crippen MR) is 109 cm³/mol. The Labute approximate surface area is 170 Å². The van der Waals surface area contributed by atoms with Gasteiger partial charge in [0.1, 0.15) is 0 Å². The normalized spacial score (nSPS) is 11.3. The Morgan fingerprint density at radius 2 is 1.75 bits per heavy atom. The van der Waals surface area contributed by atoms with Crippen molar-refractivity contribution in [1.29, 1.82) is 5.26 Å².